The van der Waals surface area contributed by atoms with Gasteiger partial charge in [0.2, 0.25) is 23.1 Å². The van der Waals surface area contributed by atoms with Crippen LogP contribution in [0.2, 0.25) is 15.3 Å². The van der Waals surface area contributed by atoms with Crippen LogP contribution in [0.25, 0.3) is 0 Å². The highest BCUT2D eigenvalue weighted by Crippen LogP contribution is 2.38. The Morgan fingerprint density at radius 1 is 0.909 bits per heavy atom. The number of nitrogens with zero attached hydrogens (tertiary/aromatic N) is 5. The first kappa shape index (κ1) is 65.7. The fourth-order valence-electron chi connectivity index (χ4n) is 6.93. The molecular formula is C52H60Cl6F3N7O9. The molecule has 2 unspecified atom stereocenters. The van der Waals surface area contributed by atoms with Crippen LogP contribution in [0.15, 0.2) is 78.9 Å². The number of fused-ring (bicyclic) bond motifs is 1. The maximum atomic E-state index is 12.7. The third kappa shape index (κ3) is 20.3. The smallest absolute Gasteiger partial charge is 0.416 e. The Kier molecular flexibility index (Phi) is 26.1. The molecule has 16 nitrogen and oxygen atoms in total. The van der Waals surface area contributed by atoms with Crippen LogP contribution in [0.3, 0.4) is 0 Å². The number of esters is 1. The van der Waals surface area contributed by atoms with Gasteiger partial charge >= 0.3 is 18.1 Å². The van der Waals surface area contributed by atoms with Gasteiger partial charge in [0.05, 0.1) is 51.2 Å². The van der Waals surface area contributed by atoms with Crippen LogP contribution in [-0.4, -0.2) is 105 Å². The molecule has 0 saturated carbocycles. The quantitative estimate of drug-likeness (QED) is 0.0662. The molecular weight excluding hydrogens is 1140 g/mol. The number of aryl methyl sites for hydroxylation is 2. The predicted molar refractivity (Wildman–Crippen MR) is 297 cm³/mol. The first-order chi connectivity index (χ1) is 36.1. The Morgan fingerprint density at radius 2 is 1.57 bits per heavy atom. The third-order valence-electron chi connectivity index (χ3n) is 10.4. The van der Waals surface area contributed by atoms with Gasteiger partial charge in [-0.25, -0.2) is 9.59 Å². The largest absolute Gasteiger partial charge is 0.489 e. The summed E-state index contributed by atoms with van der Waals surface area (Å²) in [7, 11) is 1.64. The van der Waals surface area contributed by atoms with E-state index in [2.05, 4.69) is 38.6 Å². The van der Waals surface area contributed by atoms with Crippen molar-refractivity contribution in [3.8, 4) is 17.2 Å². The molecule has 2 heterocycles. The molecule has 2 amide bonds. The average Bonchev–Trinajstić information content (AvgIpc) is 3.35. The van der Waals surface area contributed by atoms with Gasteiger partial charge in [-0.1, -0.05) is 83.7 Å². The van der Waals surface area contributed by atoms with Gasteiger partial charge in [0.25, 0.3) is 5.91 Å². The second-order valence-corrected chi connectivity index (χ2v) is 20.2. The number of benzene rings is 4. The lowest BCUT2D eigenvalue weighted by atomic mass is 10.0. The standard InChI is InChI=1S/C17H11Cl2F3O5.C15H22ClNO2.C11H11Cl2NO2.C9H16ClN5/c1-8(15(23)24)26-16(25)11-7-10(3-4-12(11)18)27-14-5-2-9(6-13(14)19)17(20,21)22;1-5-13-8-6-7-11(2)15(13)17(14(18)9-16)12(3)10-19-4;1-7-6-16-9-5-3-2-4-8(9)14(7)11(15)10(12)13;1-5-11-7-12-6(10)13-8(14-7)15-9(2,3)4/h2-8H,1H3,(H,23,24);6-8,12H,5,9-10H2,1-4H3;2-5,7,10H,6H2,1H3;5H2,1-4H3,(H2,11,12,13,14,15)/t8-;;;/m0.../s1. The van der Waals surface area contributed by atoms with Gasteiger partial charge in [-0.2, -0.15) is 28.1 Å². The fraction of sp³-hybridized carbons (Fsp3) is 0.404. The normalized spacial score (nSPS) is 13.6. The van der Waals surface area contributed by atoms with E-state index in [1.54, 1.807) is 16.9 Å². The summed E-state index contributed by atoms with van der Waals surface area (Å²) in [5, 5.41) is 14.8. The van der Waals surface area contributed by atoms with E-state index in [9.17, 15) is 32.3 Å². The van der Waals surface area contributed by atoms with Crippen molar-refractivity contribution in [2.45, 2.75) is 103 Å². The van der Waals surface area contributed by atoms with E-state index in [1.165, 1.54) is 12.1 Å². The number of nitrogens with one attached hydrogen (secondary N) is 2. The number of alkyl halides is 6. The lowest BCUT2D eigenvalue weighted by Gasteiger charge is -2.35. The molecule has 0 spiro atoms. The molecule has 25 heteroatoms. The number of carboxylic acid groups (broad SMARTS) is 1. The number of carbonyl (C=O) groups is 4. The Bertz CT molecular complexity index is 2790. The summed E-state index contributed by atoms with van der Waals surface area (Å²) in [6.07, 6.45) is -5.08. The summed E-state index contributed by atoms with van der Waals surface area (Å²) in [5.74, 6) is -1.15. The second-order valence-electron chi connectivity index (χ2n) is 17.7. The Hall–Kier alpha value is -5.54. The van der Waals surface area contributed by atoms with Crippen molar-refractivity contribution in [3.63, 3.8) is 0 Å². The Balaban J connectivity index is 0.000000278. The molecule has 1 aliphatic heterocycles. The number of rotatable bonds is 15. The van der Waals surface area contributed by atoms with Crippen LogP contribution >= 0.6 is 69.6 Å². The minimum Gasteiger partial charge on any atom is -0.489 e. The summed E-state index contributed by atoms with van der Waals surface area (Å²) in [4.78, 5) is 61.3. The average molecular weight is 1200 g/mol. The molecule has 1 aromatic heterocycles. The van der Waals surface area contributed by atoms with Gasteiger partial charge in [-0.15, -0.1) is 11.6 Å². The molecule has 0 radical (unpaired) electrons. The van der Waals surface area contributed by atoms with Crippen molar-refractivity contribution in [2.75, 3.05) is 53.2 Å². The van der Waals surface area contributed by atoms with Crippen molar-refractivity contribution in [3.05, 3.63) is 116 Å². The summed E-state index contributed by atoms with van der Waals surface area (Å²) >= 11 is 34.5. The lowest BCUT2D eigenvalue weighted by Crippen LogP contribution is -2.47. The number of amides is 2. The Labute approximate surface area is 475 Å². The van der Waals surface area contributed by atoms with Crippen molar-refractivity contribution in [1.29, 1.82) is 0 Å². The molecule has 4 aromatic carbocycles. The highest BCUT2D eigenvalue weighted by atomic mass is 35.5. The van der Waals surface area contributed by atoms with E-state index >= 15 is 0 Å². The number of carboxylic acids is 1. The lowest BCUT2D eigenvalue weighted by molar-refractivity contribution is -0.146. The summed E-state index contributed by atoms with van der Waals surface area (Å²) in [5.41, 5.74) is 2.71. The van der Waals surface area contributed by atoms with E-state index in [-0.39, 0.29) is 67.7 Å². The molecule has 1 aliphatic rings. The number of ether oxygens (including phenoxy) is 4. The number of methoxy groups -OCH3 is 1. The second kappa shape index (κ2) is 30.6. The van der Waals surface area contributed by atoms with E-state index in [0.29, 0.717) is 36.9 Å². The fourth-order valence-corrected chi connectivity index (χ4v) is 7.84. The topological polar surface area (TPSA) is 195 Å². The molecule has 0 aliphatic carbocycles. The monoisotopic (exact) mass is 1190 g/mol. The molecule has 0 saturated heterocycles. The van der Waals surface area contributed by atoms with Gasteiger partial charge in [-0.3, -0.25) is 9.59 Å². The van der Waals surface area contributed by atoms with Crippen LogP contribution in [-0.2, 0) is 36.5 Å². The molecule has 6 rings (SSSR count). The molecule has 3 N–H and O–H groups in total. The predicted octanol–water partition coefficient (Wildman–Crippen LogP) is 13.4. The third-order valence-corrected chi connectivity index (χ3v) is 11.7. The van der Waals surface area contributed by atoms with E-state index in [1.807, 2.05) is 84.9 Å². The summed E-state index contributed by atoms with van der Waals surface area (Å²) in [6, 6.07) is 19.7. The number of hydrogen-bond acceptors (Lipinski definition) is 13. The highest BCUT2D eigenvalue weighted by molar-refractivity contribution is 6.54. The SMILES string of the molecule is CC1COc2ccccc2N1C(=O)C(Cl)Cl.CCNc1nc(Cl)nc(NC(C)(C)C)n1.CCc1cccc(C)c1N(C(=O)CCl)C(C)COC.C[C@H](OC(=O)c1cc(Oc2ccc(C(F)(F)F)cc2Cl)ccc1Cl)C(=O)O. The van der Waals surface area contributed by atoms with E-state index in [0.717, 1.165) is 60.6 Å². The molecule has 0 fully saturated rings. The first-order valence-corrected chi connectivity index (χ1v) is 26.1. The maximum Gasteiger partial charge on any atom is 0.416 e. The number of aliphatic carboxylic acids is 1. The van der Waals surface area contributed by atoms with Crippen LogP contribution < -0.4 is 29.9 Å². The zero-order valence-corrected chi connectivity index (χ0v) is 48.2. The van der Waals surface area contributed by atoms with Crippen molar-refractivity contribution >= 4 is 117 Å². The molecule has 0 bridgehead atoms. The van der Waals surface area contributed by atoms with Crippen LogP contribution in [0, 0.1) is 6.92 Å². The Morgan fingerprint density at radius 3 is 2.14 bits per heavy atom. The zero-order valence-electron chi connectivity index (χ0n) is 43.7. The number of halogens is 9. The number of hydrogen-bond donors (Lipinski definition) is 3. The van der Waals surface area contributed by atoms with Crippen molar-refractivity contribution < 1.29 is 56.4 Å². The van der Waals surface area contributed by atoms with Crippen molar-refractivity contribution in [2.24, 2.45) is 0 Å². The van der Waals surface area contributed by atoms with Crippen LogP contribution in [0.5, 0.6) is 17.2 Å². The molecule has 3 atom stereocenters. The minimum absolute atomic E-state index is 0.0223. The van der Waals surface area contributed by atoms with Crippen LogP contribution in [0.1, 0.15) is 82.4 Å². The highest BCUT2D eigenvalue weighted by Gasteiger charge is 2.33. The van der Waals surface area contributed by atoms with E-state index in [4.69, 9.17) is 93.7 Å². The maximum absolute atomic E-state index is 12.7. The van der Waals surface area contributed by atoms with Crippen LogP contribution in [0.4, 0.5) is 36.4 Å². The minimum atomic E-state index is -4.56. The van der Waals surface area contributed by atoms with Gasteiger partial charge in [0, 0.05) is 19.2 Å². The molecule has 420 valence electrons. The molecule has 77 heavy (non-hydrogen) atoms. The van der Waals surface area contributed by atoms with E-state index < -0.39 is 34.6 Å². The number of para-hydroxylation sites is 3. The number of carbonyl (C=O) groups excluding carboxylic acids is 3. The zero-order chi connectivity index (χ0) is 57.9. The number of anilines is 4. The van der Waals surface area contributed by atoms with Gasteiger partial charge in [-0.05, 0) is 133 Å². The van der Waals surface area contributed by atoms with Gasteiger partial charge < -0.3 is 44.5 Å². The van der Waals surface area contributed by atoms with Crippen molar-refractivity contribution in [1.82, 2.24) is 15.0 Å². The summed E-state index contributed by atoms with van der Waals surface area (Å²) < 4.78 is 58.8. The van der Waals surface area contributed by atoms with Gasteiger partial charge in [0.1, 0.15) is 29.7 Å². The summed E-state index contributed by atoms with van der Waals surface area (Å²) in [6.45, 7) is 18.9. The number of aromatic nitrogens is 3. The molecule has 5 aromatic rings. The van der Waals surface area contributed by atoms with Gasteiger partial charge in [0.15, 0.2) is 10.9 Å². The first-order valence-electron chi connectivity index (χ1n) is 23.6.